The summed E-state index contributed by atoms with van der Waals surface area (Å²) in [6.07, 6.45) is 4.11. The molecule has 0 unspecified atom stereocenters. The van der Waals surface area contributed by atoms with Crippen LogP contribution in [-0.2, 0) is 0 Å². The van der Waals surface area contributed by atoms with Gasteiger partial charge in [-0.3, -0.25) is 0 Å². The third kappa shape index (κ3) is 3.37. The van der Waals surface area contributed by atoms with Crippen molar-refractivity contribution < 1.29 is 19.8 Å². The van der Waals surface area contributed by atoms with Gasteiger partial charge < -0.3 is 20.8 Å². The summed E-state index contributed by atoms with van der Waals surface area (Å²) in [6.45, 7) is 0. The smallest absolute Gasteiger partial charge is 0.337 e. The molecule has 1 aromatic carbocycles. The van der Waals surface area contributed by atoms with Crippen LogP contribution in [0.5, 0.6) is 5.75 Å². The minimum Gasteiger partial charge on any atom is -0.508 e. The van der Waals surface area contributed by atoms with Gasteiger partial charge in [0.2, 0.25) is 0 Å². The molecule has 102 valence electrons. The van der Waals surface area contributed by atoms with Crippen LogP contribution < -0.4 is 10.6 Å². The number of aromatic carboxylic acids is 1. The van der Waals surface area contributed by atoms with Crippen LogP contribution in [0.15, 0.2) is 18.2 Å². The average molecular weight is 264 g/mol. The Hall–Kier alpha value is -2.24. The number of urea groups is 1. The van der Waals surface area contributed by atoms with Crippen LogP contribution in [0.4, 0.5) is 10.5 Å². The van der Waals surface area contributed by atoms with Crippen LogP contribution in [0.2, 0.25) is 0 Å². The topological polar surface area (TPSA) is 98.7 Å². The van der Waals surface area contributed by atoms with Gasteiger partial charge in [0.25, 0.3) is 0 Å². The SMILES string of the molecule is O=C(Nc1ccc(O)cc1C(=O)O)NC1CCCC1. The maximum atomic E-state index is 11.8. The van der Waals surface area contributed by atoms with Gasteiger partial charge in [-0.1, -0.05) is 12.8 Å². The monoisotopic (exact) mass is 264 g/mol. The number of carboxylic acid groups (broad SMARTS) is 1. The zero-order valence-electron chi connectivity index (χ0n) is 10.3. The number of amides is 2. The fraction of sp³-hybridized carbons (Fsp3) is 0.385. The molecule has 0 heterocycles. The normalized spacial score (nSPS) is 15.2. The Morgan fingerprint density at radius 1 is 1.21 bits per heavy atom. The van der Waals surface area contributed by atoms with Crippen LogP contribution >= 0.6 is 0 Å². The number of phenols is 1. The first-order chi connectivity index (χ1) is 9.06. The third-order valence-electron chi connectivity index (χ3n) is 3.17. The Bertz CT molecular complexity index is 495. The van der Waals surface area contributed by atoms with Crippen LogP contribution in [0.1, 0.15) is 36.0 Å². The summed E-state index contributed by atoms with van der Waals surface area (Å²) in [6, 6.07) is 3.54. The predicted molar refractivity (Wildman–Crippen MR) is 69.5 cm³/mol. The molecular formula is C13H16N2O4. The van der Waals surface area contributed by atoms with E-state index < -0.39 is 12.0 Å². The van der Waals surface area contributed by atoms with E-state index in [1.54, 1.807) is 0 Å². The van der Waals surface area contributed by atoms with Crippen molar-refractivity contribution in [1.29, 1.82) is 0 Å². The standard InChI is InChI=1S/C13H16N2O4/c16-9-5-6-11(10(7-9)12(17)18)15-13(19)14-8-3-1-2-4-8/h5-8,16H,1-4H2,(H,17,18)(H2,14,15,19). The molecule has 0 atom stereocenters. The number of aromatic hydroxyl groups is 1. The summed E-state index contributed by atoms with van der Waals surface area (Å²) >= 11 is 0. The first-order valence-electron chi connectivity index (χ1n) is 6.20. The molecule has 1 fully saturated rings. The number of rotatable bonds is 3. The molecule has 0 aromatic heterocycles. The molecule has 4 N–H and O–H groups in total. The average Bonchev–Trinajstić information content (AvgIpc) is 2.83. The minimum atomic E-state index is -1.20. The fourth-order valence-corrected chi connectivity index (χ4v) is 2.23. The minimum absolute atomic E-state index is 0.137. The second kappa shape index (κ2) is 5.60. The highest BCUT2D eigenvalue weighted by Gasteiger charge is 2.18. The van der Waals surface area contributed by atoms with E-state index >= 15 is 0 Å². The first-order valence-corrected chi connectivity index (χ1v) is 6.20. The van der Waals surface area contributed by atoms with Crippen LogP contribution in [0.3, 0.4) is 0 Å². The van der Waals surface area contributed by atoms with Crippen molar-refractivity contribution >= 4 is 17.7 Å². The highest BCUT2D eigenvalue weighted by atomic mass is 16.4. The Morgan fingerprint density at radius 2 is 1.89 bits per heavy atom. The van der Waals surface area contributed by atoms with E-state index in [0.717, 1.165) is 31.7 Å². The molecule has 1 saturated carbocycles. The van der Waals surface area contributed by atoms with E-state index in [2.05, 4.69) is 10.6 Å². The molecule has 2 amide bonds. The molecule has 0 radical (unpaired) electrons. The zero-order chi connectivity index (χ0) is 13.8. The van der Waals surface area contributed by atoms with E-state index in [9.17, 15) is 14.7 Å². The second-order valence-corrected chi connectivity index (χ2v) is 4.61. The van der Waals surface area contributed by atoms with Gasteiger partial charge in [-0.2, -0.15) is 0 Å². The van der Waals surface area contributed by atoms with E-state index in [-0.39, 0.29) is 23.0 Å². The number of phenolic OH excluding ortho intramolecular Hbond substituents is 1. The van der Waals surface area contributed by atoms with E-state index in [1.165, 1.54) is 12.1 Å². The summed E-state index contributed by atoms with van der Waals surface area (Å²) < 4.78 is 0. The Balaban J connectivity index is 2.05. The summed E-state index contributed by atoms with van der Waals surface area (Å²) in [7, 11) is 0. The predicted octanol–water partition coefficient (Wildman–Crippen LogP) is 2.15. The summed E-state index contributed by atoms with van der Waals surface area (Å²) in [5.74, 6) is -1.36. The highest BCUT2D eigenvalue weighted by molar-refractivity contribution is 6.00. The quantitative estimate of drug-likeness (QED) is 0.629. The molecule has 0 saturated heterocycles. The van der Waals surface area contributed by atoms with Crippen molar-refractivity contribution in [3.8, 4) is 5.75 Å². The van der Waals surface area contributed by atoms with Gasteiger partial charge >= 0.3 is 12.0 Å². The number of anilines is 1. The van der Waals surface area contributed by atoms with E-state index in [1.807, 2.05) is 0 Å². The fourth-order valence-electron chi connectivity index (χ4n) is 2.23. The molecule has 1 aromatic rings. The van der Waals surface area contributed by atoms with Gasteiger partial charge in [-0.05, 0) is 31.0 Å². The molecule has 1 aliphatic rings. The molecule has 19 heavy (non-hydrogen) atoms. The van der Waals surface area contributed by atoms with E-state index in [0.29, 0.717) is 0 Å². The van der Waals surface area contributed by atoms with E-state index in [4.69, 9.17) is 5.11 Å². The van der Waals surface area contributed by atoms with Gasteiger partial charge in [-0.25, -0.2) is 9.59 Å². The summed E-state index contributed by atoms with van der Waals surface area (Å²) in [5, 5.41) is 23.6. The second-order valence-electron chi connectivity index (χ2n) is 4.61. The number of hydrogen-bond donors (Lipinski definition) is 4. The van der Waals surface area contributed by atoms with Crippen molar-refractivity contribution in [3.05, 3.63) is 23.8 Å². The zero-order valence-corrected chi connectivity index (χ0v) is 10.3. The number of nitrogens with one attached hydrogen (secondary N) is 2. The maximum Gasteiger partial charge on any atom is 0.337 e. The van der Waals surface area contributed by atoms with Gasteiger partial charge in [0.15, 0.2) is 0 Å². The van der Waals surface area contributed by atoms with Crippen molar-refractivity contribution in [3.63, 3.8) is 0 Å². The third-order valence-corrected chi connectivity index (χ3v) is 3.17. The molecule has 0 bridgehead atoms. The number of benzene rings is 1. The molecular weight excluding hydrogens is 248 g/mol. The summed E-state index contributed by atoms with van der Waals surface area (Å²) in [5.41, 5.74) is 0.0300. The Kier molecular flexibility index (Phi) is 3.89. The number of carbonyl (C=O) groups excluding carboxylic acids is 1. The Morgan fingerprint density at radius 3 is 2.53 bits per heavy atom. The molecule has 6 nitrogen and oxygen atoms in total. The lowest BCUT2D eigenvalue weighted by molar-refractivity contribution is 0.0697. The summed E-state index contributed by atoms with van der Waals surface area (Å²) in [4.78, 5) is 22.8. The highest BCUT2D eigenvalue weighted by Crippen LogP contribution is 2.22. The van der Waals surface area contributed by atoms with Crippen molar-refractivity contribution in [2.24, 2.45) is 0 Å². The molecule has 1 aliphatic carbocycles. The maximum absolute atomic E-state index is 11.8. The molecule has 0 aliphatic heterocycles. The van der Waals surface area contributed by atoms with Crippen LogP contribution in [0, 0.1) is 0 Å². The van der Waals surface area contributed by atoms with Crippen LogP contribution in [-0.4, -0.2) is 28.3 Å². The number of carboxylic acids is 1. The van der Waals surface area contributed by atoms with Gasteiger partial charge in [0, 0.05) is 6.04 Å². The van der Waals surface area contributed by atoms with Gasteiger partial charge in [-0.15, -0.1) is 0 Å². The lowest BCUT2D eigenvalue weighted by Gasteiger charge is -2.14. The number of hydrogen-bond acceptors (Lipinski definition) is 3. The van der Waals surface area contributed by atoms with Gasteiger partial charge in [0.1, 0.15) is 5.75 Å². The van der Waals surface area contributed by atoms with Crippen molar-refractivity contribution in [1.82, 2.24) is 5.32 Å². The lowest BCUT2D eigenvalue weighted by Crippen LogP contribution is -2.36. The molecule has 0 spiro atoms. The van der Waals surface area contributed by atoms with Crippen molar-refractivity contribution in [2.75, 3.05) is 5.32 Å². The first kappa shape index (κ1) is 13.2. The lowest BCUT2D eigenvalue weighted by atomic mass is 10.1. The van der Waals surface area contributed by atoms with Crippen molar-refractivity contribution in [2.45, 2.75) is 31.7 Å². The molecule has 6 heteroatoms. The van der Waals surface area contributed by atoms with Crippen LogP contribution in [0.25, 0.3) is 0 Å². The Labute approximate surface area is 110 Å². The largest absolute Gasteiger partial charge is 0.508 e. The number of carbonyl (C=O) groups is 2. The molecule has 2 rings (SSSR count). The van der Waals surface area contributed by atoms with Gasteiger partial charge in [0.05, 0.1) is 11.3 Å².